The summed E-state index contributed by atoms with van der Waals surface area (Å²) in [5, 5.41) is 11.0. The molecule has 0 aliphatic carbocycles. The lowest BCUT2D eigenvalue weighted by molar-refractivity contribution is -0.385. The summed E-state index contributed by atoms with van der Waals surface area (Å²) in [6.07, 6.45) is 2.97. The lowest BCUT2D eigenvalue weighted by Gasteiger charge is -2.38. The second kappa shape index (κ2) is 5.07. The van der Waals surface area contributed by atoms with E-state index < -0.39 is 4.92 Å². The van der Waals surface area contributed by atoms with Crippen LogP contribution in [0.5, 0.6) is 0 Å². The smallest absolute Gasteiger partial charge is 0.300 e. The van der Waals surface area contributed by atoms with E-state index in [0.717, 1.165) is 19.0 Å². The molecule has 1 fully saturated rings. The van der Waals surface area contributed by atoms with Crippen LogP contribution in [-0.2, 0) is 0 Å². The number of hydrogen-bond acceptors (Lipinski definition) is 5. The van der Waals surface area contributed by atoms with Crippen LogP contribution in [0.4, 0.5) is 11.5 Å². The highest BCUT2D eigenvalue weighted by molar-refractivity contribution is 5.98. The molecule has 2 heterocycles. The van der Waals surface area contributed by atoms with Crippen molar-refractivity contribution in [1.29, 1.82) is 0 Å². The minimum Gasteiger partial charge on any atom is -0.384 e. The Morgan fingerprint density at radius 3 is 2.85 bits per heavy atom. The summed E-state index contributed by atoms with van der Waals surface area (Å²) in [4.78, 5) is 28.2. The maximum Gasteiger partial charge on any atom is 0.300 e. The van der Waals surface area contributed by atoms with Crippen molar-refractivity contribution in [1.82, 2.24) is 9.88 Å². The summed E-state index contributed by atoms with van der Waals surface area (Å²) in [6.45, 7) is 5.37. The summed E-state index contributed by atoms with van der Waals surface area (Å²) >= 11 is 0. The Morgan fingerprint density at radius 1 is 1.55 bits per heavy atom. The molecule has 1 aliphatic heterocycles. The lowest BCUT2D eigenvalue weighted by Crippen LogP contribution is -2.43. The van der Waals surface area contributed by atoms with Gasteiger partial charge in [0.25, 0.3) is 11.6 Å². The van der Waals surface area contributed by atoms with E-state index in [0.29, 0.717) is 13.1 Å². The molecule has 20 heavy (non-hydrogen) atoms. The molecule has 0 aromatic carbocycles. The van der Waals surface area contributed by atoms with Crippen molar-refractivity contribution in [3.63, 3.8) is 0 Å². The third-order valence-electron chi connectivity index (χ3n) is 3.52. The predicted octanol–water partition coefficient (Wildman–Crippen LogP) is 1.83. The van der Waals surface area contributed by atoms with Crippen LogP contribution in [0.2, 0.25) is 0 Å². The molecule has 0 unspecified atom stereocenters. The summed E-state index contributed by atoms with van der Waals surface area (Å²) in [7, 11) is 0. The maximum atomic E-state index is 12.5. The molecule has 1 aromatic rings. The second-order valence-corrected chi connectivity index (χ2v) is 5.88. The first-order chi connectivity index (χ1) is 9.30. The molecule has 0 radical (unpaired) electrons. The number of piperidine rings is 1. The summed E-state index contributed by atoms with van der Waals surface area (Å²) in [5.41, 5.74) is 5.29. The quantitative estimate of drug-likeness (QED) is 0.656. The van der Waals surface area contributed by atoms with Gasteiger partial charge < -0.3 is 10.6 Å². The largest absolute Gasteiger partial charge is 0.384 e. The number of amides is 1. The average Bonchev–Trinajstić information content (AvgIpc) is 2.36. The van der Waals surface area contributed by atoms with Crippen LogP contribution in [0.25, 0.3) is 0 Å². The number of nitrogen functional groups attached to an aromatic ring is 1. The molecule has 108 valence electrons. The number of rotatable bonds is 2. The van der Waals surface area contributed by atoms with Crippen molar-refractivity contribution in [2.45, 2.75) is 26.7 Å². The van der Waals surface area contributed by atoms with Crippen molar-refractivity contribution in [3.05, 3.63) is 27.9 Å². The molecule has 2 N–H and O–H groups in total. The Morgan fingerprint density at radius 2 is 2.25 bits per heavy atom. The van der Waals surface area contributed by atoms with Crippen LogP contribution in [-0.4, -0.2) is 33.8 Å². The predicted molar refractivity (Wildman–Crippen MR) is 74.2 cm³/mol. The van der Waals surface area contributed by atoms with Crippen molar-refractivity contribution in [2.24, 2.45) is 5.41 Å². The Kier molecular flexibility index (Phi) is 3.61. The highest BCUT2D eigenvalue weighted by atomic mass is 16.6. The number of carbonyl (C=O) groups is 1. The standard InChI is InChI=1S/C13H18N4O3/c1-13(2)4-3-5-16(8-13)12(18)9-6-11(14)15-7-10(9)17(19)20/h6-7H,3-5,8H2,1-2H3,(H2,14,15). The molecule has 0 bridgehead atoms. The minimum absolute atomic E-state index is 0.0141. The topological polar surface area (TPSA) is 102 Å². The Hall–Kier alpha value is -2.18. The van der Waals surface area contributed by atoms with Crippen molar-refractivity contribution in [2.75, 3.05) is 18.8 Å². The molecule has 2 rings (SSSR count). The van der Waals surface area contributed by atoms with Crippen LogP contribution < -0.4 is 5.73 Å². The maximum absolute atomic E-state index is 12.5. The van der Waals surface area contributed by atoms with Gasteiger partial charge in [0.1, 0.15) is 17.6 Å². The minimum atomic E-state index is -0.602. The zero-order valence-electron chi connectivity index (χ0n) is 11.6. The molecule has 0 atom stereocenters. The zero-order valence-corrected chi connectivity index (χ0v) is 11.6. The molecule has 0 saturated carbocycles. The van der Waals surface area contributed by atoms with Gasteiger partial charge in [0.2, 0.25) is 0 Å². The van der Waals surface area contributed by atoms with Gasteiger partial charge in [-0.05, 0) is 24.3 Å². The van der Waals surface area contributed by atoms with Gasteiger partial charge >= 0.3 is 0 Å². The van der Waals surface area contributed by atoms with Gasteiger partial charge in [-0.1, -0.05) is 13.8 Å². The molecule has 1 amide bonds. The average molecular weight is 278 g/mol. The highest BCUT2D eigenvalue weighted by Gasteiger charge is 2.32. The molecular weight excluding hydrogens is 260 g/mol. The van der Waals surface area contributed by atoms with E-state index in [1.807, 2.05) is 0 Å². The Labute approximate surface area is 116 Å². The van der Waals surface area contributed by atoms with Gasteiger partial charge in [-0.3, -0.25) is 14.9 Å². The number of anilines is 1. The van der Waals surface area contributed by atoms with E-state index >= 15 is 0 Å². The first-order valence-corrected chi connectivity index (χ1v) is 6.49. The Balaban J connectivity index is 2.33. The number of pyridine rings is 1. The number of nitro groups is 1. The fourth-order valence-corrected chi connectivity index (χ4v) is 2.55. The van der Waals surface area contributed by atoms with Crippen molar-refractivity contribution in [3.8, 4) is 0 Å². The molecule has 7 nitrogen and oxygen atoms in total. The monoisotopic (exact) mass is 278 g/mol. The summed E-state index contributed by atoms with van der Waals surface area (Å²) < 4.78 is 0. The van der Waals surface area contributed by atoms with Gasteiger partial charge in [0, 0.05) is 13.1 Å². The fraction of sp³-hybridized carbons (Fsp3) is 0.538. The van der Waals surface area contributed by atoms with Crippen molar-refractivity contribution < 1.29 is 9.72 Å². The first kappa shape index (κ1) is 14.2. The van der Waals surface area contributed by atoms with E-state index in [4.69, 9.17) is 5.73 Å². The molecule has 1 saturated heterocycles. The first-order valence-electron chi connectivity index (χ1n) is 6.49. The molecule has 7 heteroatoms. The summed E-state index contributed by atoms with van der Waals surface area (Å²) in [6, 6.07) is 1.28. The van der Waals surface area contributed by atoms with Crippen molar-refractivity contribution >= 4 is 17.4 Å². The second-order valence-electron chi connectivity index (χ2n) is 5.88. The number of nitrogens with two attached hydrogens (primary N) is 1. The fourth-order valence-electron chi connectivity index (χ4n) is 2.55. The van der Waals surface area contributed by atoms with E-state index in [1.165, 1.54) is 6.07 Å². The normalized spacial score (nSPS) is 17.8. The third-order valence-corrected chi connectivity index (χ3v) is 3.52. The van der Waals surface area contributed by atoms with Gasteiger partial charge in [-0.25, -0.2) is 4.98 Å². The summed E-state index contributed by atoms with van der Waals surface area (Å²) in [5.74, 6) is -0.242. The number of hydrogen-bond donors (Lipinski definition) is 1. The third kappa shape index (κ3) is 2.87. The highest BCUT2D eigenvalue weighted by Crippen LogP contribution is 2.30. The Bertz CT molecular complexity index is 557. The molecule has 1 aromatic heterocycles. The number of aromatic nitrogens is 1. The lowest BCUT2D eigenvalue weighted by atomic mass is 9.84. The van der Waals surface area contributed by atoms with Crippen LogP contribution in [0, 0.1) is 15.5 Å². The molecule has 1 aliphatic rings. The van der Waals surface area contributed by atoms with Gasteiger partial charge in [-0.15, -0.1) is 0 Å². The molecular formula is C13H18N4O3. The van der Waals surface area contributed by atoms with Gasteiger partial charge in [-0.2, -0.15) is 0 Å². The number of nitrogens with zero attached hydrogens (tertiary/aromatic N) is 3. The number of likely N-dealkylation sites (tertiary alicyclic amines) is 1. The van der Waals surface area contributed by atoms with Gasteiger partial charge in [0.15, 0.2) is 0 Å². The van der Waals surface area contributed by atoms with E-state index in [-0.39, 0.29) is 28.4 Å². The van der Waals surface area contributed by atoms with Crippen LogP contribution in [0.3, 0.4) is 0 Å². The van der Waals surface area contributed by atoms with Crippen LogP contribution >= 0.6 is 0 Å². The van der Waals surface area contributed by atoms with Crippen LogP contribution in [0.1, 0.15) is 37.0 Å². The number of carbonyl (C=O) groups excluding carboxylic acids is 1. The van der Waals surface area contributed by atoms with Crippen LogP contribution in [0.15, 0.2) is 12.3 Å². The molecule has 0 spiro atoms. The SMILES string of the molecule is CC1(C)CCCN(C(=O)c2cc(N)ncc2[N+](=O)[O-])C1. The van der Waals surface area contributed by atoms with Gasteiger partial charge in [0.05, 0.1) is 4.92 Å². The van der Waals surface area contributed by atoms with E-state index in [9.17, 15) is 14.9 Å². The van der Waals surface area contributed by atoms with E-state index in [2.05, 4.69) is 18.8 Å². The van der Waals surface area contributed by atoms with E-state index in [1.54, 1.807) is 4.90 Å². The zero-order chi connectivity index (χ0) is 14.9.